The lowest BCUT2D eigenvalue weighted by atomic mass is 10.1. The molecule has 0 saturated carbocycles. The number of nitrogens with zero attached hydrogens (tertiary/aromatic N) is 3. The summed E-state index contributed by atoms with van der Waals surface area (Å²) in [6.07, 6.45) is 1.88. The quantitative estimate of drug-likeness (QED) is 0.276. The molecular weight excluding hydrogens is 447 g/mol. The van der Waals surface area contributed by atoms with Crippen molar-refractivity contribution in [1.82, 2.24) is 14.5 Å². The summed E-state index contributed by atoms with van der Waals surface area (Å²) in [4.78, 5) is 10.4. The lowest BCUT2D eigenvalue weighted by Crippen LogP contribution is -2.03. The van der Waals surface area contributed by atoms with Crippen LogP contribution in [0.2, 0.25) is 0 Å². The molecule has 3 aromatic carbocycles. The molecule has 0 fully saturated rings. The Kier molecular flexibility index (Phi) is 5.79. The number of fused-ring (bicyclic) bond motifs is 1. The van der Waals surface area contributed by atoms with Crippen LogP contribution in [-0.4, -0.2) is 21.6 Å². The van der Waals surface area contributed by atoms with Gasteiger partial charge in [0.2, 0.25) is 0 Å². The van der Waals surface area contributed by atoms with Gasteiger partial charge in [0.15, 0.2) is 0 Å². The molecule has 0 aliphatic carbocycles. The van der Waals surface area contributed by atoms with Crippen molar-refractivity contribution in [2.24, 2.45) is 0 Å². The number of anilines is 2. The Hall–Kier alpha value is -3.71. The van der Waals surface area contributed by atoms with E-state index >= 15 is 0 Å². The van der Waals surface area contributed by atoms with Crippen LogP contribution in [0.25, 0.3) is 32.9 Å². The zero-order valence-corrected chi connectivity index (χ0v) is 20.3. The summed E-state index contributed by atoms with van der Waals surface area (Å²) in [6, 6.07) is 18.8. The van der Waals surface area contributed by atoms with Crippen molar-refractivity contribution >= 4 is 33.7 Å². The van der Waals surface area contributed by atoms with E-state index in [1.807, 2.05) is 43.5 Å². The van der Waals surface area contributed by atoms with E-state index in [2.05, 4.69) is 34.8 Å². The first-order valence-corrected chi connectivity index (χ1v) is 11.9. The smallest absolute Gasteiger partial charge is 0.141 e. The minimum absolute atomic E-state index is 0.183. The maximum atomic E-state index is 13.5. The third-order valence-electron chi connectivity index (χ3n) is 5.71. The fourth-order valence-electron chi connectivity index (χ4n) is 4.16. The zero-order valence-electron chi connectivity index (χ0n) is 19.5. The van der Waals surface area contributed by atoms with Gasteiger partial charge in [0.05, 0.1) is 28.2 Å². The normalized spacial score (nSPS) is 11.4. The number of halogens is 1. The predicted octanol–water partition coefficient (Wildman–Crippen LogP) is 7.61. The number of hydrogen-bond donors (Lipinski definition) is 1. The standard InChI is InChI=1S/C27H25FN4OS/c1-16(2)32-23-7-5-6-22(26(23)31-27(32)18-8-10-19(28)11-9-18)30-20-12-13-21(24(14-20)33-4)25-15-29-17(3)34-25/h5-16,30H,1-4H3. The van der Waals surface area contributed by atoms with Gasteiger partial charge in [-0.05, 0) is 69.3 Å². The first-order valence-electron chi connectivity index (χ1n) is 11.1. The molecule has 172 valence electrons. The van der Waals surface area contributed by atoms with Gasteiger partial charge in [-0.15, -0.1) is 11.3 Å². The Morgan fingerprint density at radius 1 is 1.06 bits per heavy atom. The lowest BCUT2D eigenvalue weighted by molar-refractivity contribution is 0.417. The van der Waals surface area contributed by atoms with Crippen molar-refractivity contribution < 1.29 is 9.13 Å². The van der Waals surface area contributed by atoms with Crippen LogP contribution in [0.4, 0.5) is 15.8 Å². The lowest BCUT2D eigenvalue weighted by Gasteiger charge is -2.14. The van der Waals surface area contributed by atoms with E-state index in [0.29, 0.717) is 0 Å². The topological polar surface area (TPSA) is 52.0 Å². The van der Waals surface area contributed by atoms with Crippen molar-refractivity contribution in [2.45, 2.75) is 26.8 Å². The highest BCUT2D eigenvalue weighted by Crippen LogP contribution is 2.38. The fraction of sp³-hybridized carbons (Fsp3) is 0.185. The van der Waals surface area contributed by atoms with Crippen LogP contribution in [0.15, 0.2) is 66.9 Å². The van der Waals surface area contributed by atoms with E-state index in [4.69, 9.17) is 9.72 Å². The Balaban J connectivity index is 1.57. The maximum Gasteiger partial charge on any atom is 0.141 e. The number of ether oxygens (including phenoxy) is 1. The van der Waals surface area contributed by atoms with E-state index in [1.165, 1.54) is 12.1 Å². The van der Waals surface area contributed by atoms with Crippen molar-refractivity contribution in [1.29, 1.82) is 0 Å². The first-order chi connectivity index (χ1) is 16.4. The second-order valence-electron chi connectivity index (χ2n) is 8.36. The van der Waals surface area contributed by atoms with Crippen LogP contribution >= 0.6 is 11.3 Å². The minimum Gasteiger partial charge on any atom is -0.496 e. The van der Waals surface area contributed by atoms with Crippen LogP contribution in [0.3, 0.4) is 0 Å². The predicted molar refractivity (Wildman–Crippen MR) is 138 cm³/mol. The molecule has 5 nitrogen and oxygen atoms in total. The number of hydrogen-bond acceptors (Lipinski definition) is 5. The summed E-state index contributed by atoms with van der Waals surface area (Å²) < 4.78 is 21.4. The second-order valence-corrected chi connectivity index (χ2v) is 9.60. The number of aromatic nitrogens is 3. The molecule has 5 rings (SSSR count). The molecule has 0 bridgehead atoms. The number of thiazole rings is 1. The molecule has 5 aromatic rings. The van der Waals surface area contributed by atoms with E-state index in [1.54, 1.807) is 30.6 Å². The number of nitrogens with one attached hydrogen (secondary N) is 1. The average molecular weight is 473 g/mol. The molecular formula is C27H25FN4OS. The molecule has 0 aliphatic heterocycles. The van der Waals surface area contributed by atoms with Gasteiger partial charge in [0.1, 0.15) is 22.9 Å². The largest absolute Gasteiger partial charge is 0.496 e. The van der Waals surface area contributed by atoms with Gasteiger partial charge in [-0.3, -0.25) is 0 Å². The summed E-state index contributed by atoms with van der Waals surface area (Å²) in [6.45, 7) is 6.24. The van der Waals surface area contributed by atoms with Crippen LogP contribution in [0, 0.1) is 12.7 Å². The second kappa shape index (κ2) is 8.91. The number of imidazole rings is 1. The SMILES string of the molecule is COc1cc(Nc2cccc3c2nc(-c2ccc(F)cc2)n3C(C)C)ccc1-c1cnc(C)s1. The van der Waals surface area contributed by atoms with Crippen molar-refractivity contribution in [3.63, 3.8) is 0 Å². The number of benzene rings is 3. The highest BCUT2D eigenvalue weighted by Gasteiger charge is 2.18. The molecule has 0 spiro atoms. The molecule has 2 heterocycles. The Bertz CT molecular complexity index is 1470. The van der Waals surface area contributed by atoms with Crippen LogP contribution in [0.5, 0.6) is 5.75 Å². The summed E-state index contributed by atoms with van der Waals surface area (Å²) >= 11 is 1.64. The summed E-state index contributed by atoms with van der Waals surface area (Å²) in [5.41, 5.74) is 5.56. The van der Waals surface area contributed by atoms with Crippen LogP contribution in [-0.2, 0) is 0 Å². The van der Waals surface area contributed by atoms with Gasteiger partial charge >= 0.3 is 0 Å². The van der Waals surface area contributed by atoms with Gasteiger partial charge in [-0.1, -0.05) is 6.07 Å². The molecule has 0 unspecified atom stereocenters. The van der Waals surface area contributed by atoms with Gasteiger partial charge in [-0.25, -0.2) is 14.4 Å². The number of methoxy groups -OCH3 is 1. The minimum atomic E-state index is -0.260. The Morgan fingerprint density at radius 2 is 1.85 bits per heavy atom. The molecule has 34 heavy (non-hydrogen) atoms. The molecule has 7 heteroatoms. The maximum absolute atomic E-state index is 13.5. The summed E-state index contributed by atoms with van der Waals surface area (Å²) in [7, 11) is 1.68. The van der Waals surface area contributed by atoms with Gasteiger partial charge in [0.25, 0.3) is 0 Å². The first kappa shape index (κ1) is 22.1. The van der Waals surface area contributed by atoms with Crippen LogP contribution in [0.1, 0.15) is 24.9 Å². The highest BCUT2D eigenvalue weighted by molar-refractivity contribution is 7.15. The Labute approximate surface area is 201 Å². The average Bonchev–Trinajstić information content (AvgIpc) is 3.44. The van der Waals surface area contributed by atoms with E-state index in [-0.39, 0.29) is 11.9 Å². The van der Waals surface area contributed by atoms with Gasteiger partial charge < -0.3 is 14.6 Å². The Morgan fingerprint density at radius 3 is 2.53 bits per heavy atom. The van der Waals surface area contributed by atoms with Gasteiger partial charge in [0, 0.05) is 35.1 Å². The third-order valence-corrected chi connectivity index (χ3v) is 6.65. The monoisotopic (exact) mass is 472 g/mol. The van der Waals surface area contributed by atoms with Gasteiger partial charge in [-0.2, -0.15) is 0 Å². The number of aryl methyl sites for hydroxylation is 1. The van der Waals surface area contributed by atoms with Crippen molar-refractivity contribution in [2.75, 3.05) is 12.4 Å². The molecule has 0 saturated heterocycles. The number of rotatable bonds is 6. The zero-order chi connectivity index (χ0) is 23.8. The van der Waals surface area contributed by atoms with E-state index in [0.717, 1.165) is 55.0 Å². The highest BCUT2D eigenvalue weighted by atomic mass is 32.1. The number of para-hydroxylation sites is 1. The fourth-order valence-corrected chi connectivity index (χ4v) is 4.96. The summed E-state index contributed by atoms with van der Waals surface area (Å²) in [5, 5.41) is 4.53. The van der Waals surface area contributed by atoms with Crippen LogP contribution < -0.4 is 10.1 Å². The third kappa shape index (κ3) is 4.03. The van der Waals surface area contributed by atoms with Crippen molar-refractivity contribution in [3.05, 3.63) is 77.7 Å². The van der Waals surface area contributed by atoms with E-state index in [9.17, 15) is 4.39 Å². The van der Waals surface area contributed by atoms with Crippen molar-refractivity contribution in [3.8, 4) is 27.6 Å². The summed E-state index contributed by atoms with van der Waals surface area (Å²) in [5.74, 6) is 1.33. The molecule has 0 amide bonds. The molecule has 1 N–H and O–H groups in total. The molecule has 2 aromatic heterocycles. The molecule has 0 atom stereocenters. The molecule has 0 radical (unpaired) electrons. The van der Waals surface area contributed by atoms with E-state index < -0.39 is 0 Å². The molecule has 0 aliphatic rings.